The summed E-state index contributed by atoms with van der Waals surface area (Å²) in [6, 6.07) is 1.82. The maximum Gasteiger partial charge on any atom is 0.306 e. The zero-order chi connectivity index (χ0) is 12.1. The van der Waals surface area contributed by atoms with E-state index in [-0.39, 0.29) is 23.6 Å². The van der Waals surface area contributed by atoms with Crippen molar-refractivity contribution in [3.05, 3.63) is 38.7 Å². The molecule has 0 aliphatic rings. The van der Waals surface area contributed by atoms with Gasteiger partial charge in [-0.3, -0.25) is 10.1 Å². The molecule has 4 nitrogen and oxygen atoms in total. The molecule has 0 saturated carbocycles. The van der Waals surface area contributed by atoms with Crippen LogP contribution in [0, 0.1) is 27.8 Å². The lowest BCUT2D eigenvalue weighted by atomic mass is 10.2. The Balaban J connectivity index is 3.12. The fraction of sp³-hybridized carbons (Fsp3) is 0.200. The predicted octanol–water partition coefficient (Wildman–Crippen LogP) is 2.12. The Morgan fingerprint density at radius 3 is 2.81 bits per heavy atom. The molecule has 0 heterocycles. The monoisotopic (exact) mass is 243 g/mol. The largest absolute Gasteiger partial charge is 0.395 e. The van der Waals surface area contributed by atoms with E-state index in [1.165, 1.54) is 0 Å². The second kappa shape index (κ2) is 5.45. The zero-order valence-electron chi connectivity index (χ0n) is 8.04. The van der Waals surface area contributed by atoms with Crippen molar-refractivity contribution in [3.8, 4) is 11.8 Å². The molecular formula is C10H7ClFNO3. The summed E-state index contributed by atoms with van der Waals surface area (Å²) in [5, 5.41) is 18.9. The van der Waals surface area contributed by atoms with Crippen molar-refractivity contribution in [1.82, 2.24) is 0 Å². The number of hydrogen-bond donors (Lipinski definition) is 1. The Morgan fingerprint density at radius 2 is 2.25 bits per heavy atom. The van der Waals surface area contributed by atoms with Crippen LogP contribution in [0.3, 0.4) is 0 Å². The summed E-state index contributed by atoms with van der Waals surface area (Å²) in [5.41, 5.74) is -0.518. The molecule has 0 aliphatic carbocycles. The number of rotatable bonds is 2. The van der Waals surface area contributed by atoms with Crippen LogP contribution in [0.2, 0.25) is 5.02 Å². The van der Waals surface area contributed by atoms with Gasteiger partial charge in [0.2, 0.25) is 5.82 Å². The molecule has 0 fully saturated rings. The van der Waals surface area contributed by atoms with Gasteiger partial charge in [-0.25, -0.2) is 0 Å². The number of benzene rings is 1. The number of nitro benzene ring substituents is 1. The molecule has 0 spiro atoms. The van der Waals surface area contributed by atoms with E-state index in [2.05, 4.69) is 11.8 Å². The molecule has 0 aromatic heterocycles. The quantitative estimate of drug-likeness (QED) is 0.492. The maximum atomic E-state index is 13.2. The summed E-state index contributed by atoms with van der Waals surface area (Å²) in [6.45, 7) is -0.111. The van der Waals surface area contributed by atoms with E-state index in [9.17, 15) is 14.5 Å². The van der Waals surface area contributed by atoms with E-state index < -0.39 is 16.4 Å². The number of nitro groups is 1. The number of halogens is 2. The summed E-state index contributed by atoms with van der Waals surface area (Å²) in [5.74, 6) is 4.08. The number of aliphatic hydroxyl groups is 1. The van der Waals surface area contributed by atoms with Crippen LogP contribution in [0.4, 0.5) is 10.1 Å². The second-order valence-electron chi connectivity index (χ2n) is 2.82. The number of nitrogens with zero attached hydrogens (tertiary/aromatic N) is 1. The maximum absolute atomic E-state index is 13.2. The van der Waals surface area contributed by atoms with Gasteiger partial charge in [-0.05, 0) is 6.07 Å². The summed E-state index contributed by atoms with van der Waals surface area (Å²) in [4.78, 5) is 9.53. The molecule has 84 valence electrons. The Labute approximate surface area is 95.8 Å². The van der Waals surface area contributed by atoms with E-state index in [1.807, 2.05) is 0 Å². The van der Waals surface area contributed by atoms with Crippen molar-refractivity contribution < 1.29 is 14.4 Å². The molecule has 0 unspecified atom stereocenters. The first-order valence-corrected chi connectivity index (χ1v) is 4.67. The molecular weight excluding hydrogens is 237 g/mol. The summed E-state index contributed by atoms with van der Waals surface area (Å²) < 4.78 is 13.2. The van der Waals surface area contributed by atoms with Crippen molar-refractivity contribution >= 4 is 17.3 Å². The second-order valence-corrected chi connectivity index (χ2v) is 3.22. The Kier molecular flexibility index (Phi) is 4.23. The normalized spacial score (nSPS) is 9.44. The fourth-order valence-corrected chi connectivity index (χ4v) is 1.19. The van der Waals surface area contributed by atoms with Crippen molar-refractivity contribution in [2.24, 2.45) is 0 Å². The summed E-state index contributed by atoms with van der Waals surface area (Å²) in [7, 11) is 0. The van der Waals surface area contributed by atoms with E-state index >= 15 is 0 Å². The third-order valence-corrected chi connectivity index (χ3v) is 2.01. The highest BCUT2D eigenvalue weighted by atomic mass is 35.5. The van der Waals surface area contributed by atoms with Crippen LogP contribution >= 0.6 is 11.6 Å². The molecule has 16 heavy (non-hydrogen) atoms. The van der Waals surface area contributed by atoms with Gasteiger partial charge in [0.25, 0.3) is 0 Å². The SMILES string of the molecule is O=[N+]([O-])c1cc(Cl)c(C#CCCO)cc1F. The summed E-state index contributed by atoms with van der Waals surface area (Å²) in [6.07, 6.45) is 0.231. The first-order valence-electron chi connectivity index (χ1n) is 4.29. The molecule has 0 bridgehead atoms. The van der Waals surface area contributed by atoms with Crippen LogP contribution in [0.25, 0.3) is 0 Å². The van der Waals surface area contributed by atoms with Crippen LogP contribution in [0.1, 0.15) is 12.0 Å². The van der Waals surface area contributed by atoms with Crippen LogP contribution in [0.15, 0.2) is 12.1 Å². The van der Waals surface area contributed by atoms with E-state index in [4.69, 9.17) is 16.7 Å². The lowest BCUT2D eigenvalue weighted by Gasteiger charge is -1.98. The number of aliphatic hydroxyl groups excluding tert-OH is 1. The van der Waals surface area contributed by atoms with Gasteiger partial charge >= 0.3 is 5.69 Å². The van der Waals surface area contributed by atoms with Crippen LogP contribution < -0.4 is 0 Å². The van der Waals surface area contributed by atoms with E-state index in [0.29, 0.717) is 0 Å². The molecule has 6 heteroatoms. The Bertz CT molecular complexity index is 479. The molecule has 0 aliphatic heterocycles. The highest BCUT2D eigenvalue weighted by Crippen LogP contribution is 2.25. The van der Waals surface area contributed by atoms with E-state index in [1.54, 1.807) is 0 Å². The smallest absolute Gasteiger partial charge is 0.306 e. The van der Waals surface area contributed by atoms with Crippen LogP contribution in [-0.2, 0) is 0 Å². The fourth-order valence-electron chi connectivity index (χ4n) is 0.986. The first kappa shape index (κ1) is 12.4. The van der Waals surface area contributed by atoms with Gasteiger partial charge in [-0.1, -0.05) is 23.4 Å². The van der Waals surface area contributed by atoms with Gasteiger partial charge in [0.1, 0.15) is 0 Å². The van der Waals surface area contributed by atoms with Gasteiger partial charge in [-0.15, -0.1) is 0 Å². The molecule has 1 rings (SSSR count). The molecule has 1 aromatic carbocycles. The van der Waals surface area contributed by atoms with Gasteiger partial charge in [-0.2, -0.15) is 4.39 Å². The molecule has 0 atom stereocenters. The lowest BCUT2D eigenvalue weighted by Crippen LogP contribution is -1.93. The average Bonchev–Trinajstić information content (AvgIpc) is 2.22. The summed E-state index contributed by atoms with van der Waals surface area (Å²) >= 11 is 5.69. The molecule has 0 saturated heterocycles. The minimum absolute atomic E-state index is 0.0125. The van der Waals surface area contributed by atoms with Gasteiger partial charge in [0.05, 0.1) is 16.6 Å². The topological polar surface area (TPSA) is 63.4 Å². The van der Waals surface area contributed by atoms with Gasteiger partial charge in [0.15, 0.2) is 0 Å². The average molecular weight is 244 g/mol. The zero-order valence-corrected chi connectivity index (χ0v) is 8.79. The highest BCUT2D eigenvalue weighted by Gasteiger charge is 2.16. The van der Waals surface area contributed by atoms with Crippen LogP contribution in [-0.4, -0.2) is 16.6 Å². The Hall–Kier alpha value is -1.64. The van der Waals surface area contributed by atoms with Crippen molar-refractivity contribution in [1.29, 1.82) is 0 Å². The van der Waals surface area contributed by atoms with Crippen LogP contribution in [0.5, 0.6) is 0 Å². The Morgan fingerprint density at radius 1 is 1.56 bits per heavy atom. The molecule has 0 amide bonds. The number of hydrogen-bond acceptors (Lipinski definition) is 3. The predicted molar refractivity (Wildman–Crippen MR) is 56.6 cm³/mol. The third kappa shape index (κ3) is 2.92. The standard InChI is InChI=1S/C10H7ClFNO3/c11-8-6-10(13(15)16)9(12)5-7(8)3-1-2-4-14/h5-6,14H,2,4H2. The third-order valence-electron chi connectivity index (χ3n) is 1.69. The lowest BCUT2D eigenvalue weighted by molar-refractivity contribution is -0.387. The minimum Gasteiger partial charge on any atom is -0.395 e. The van der Waals surface area contributed by atoms with Gasteiger partial charge in [0, 0.05) is 18.1 Å². The molecule has 1 aromatic rings. The van der Waals surface area contributed by atoms with Gasteiger partial charge < -0.3 is 5.11 Å². The minimum atomic E-state index is -0.984. The molecule has 0 radical (unpaired) electrons. The van der Waals surface area contributed by atoms with Crippen molar-refractivity contribution in [2.75, 3.05) is 6.61 Å². The first-order chi connectivity index (χ1) is 7.56. The van der Waals surface area contributed by atoms with Crippen molar-refractivity contribution in [3.63, 3.8) is 0 Å². The highest BCUT2D eigenvalue weighted by molar-refractivity contribution is 6.32. The van der Waals surface area contributed by atoms with E-state index in [0.717, 1.165) is 12.1 Å². The molecule has 1 N–H and O–H groups in total. The van der Waals surface area contributed by atoms with Crippen molar-refractivity contribution in [2.45, 2.75) is 6.42 Å².